The highest BCUT2D eigenvalue weighted by Gasteiger charge is 2.39. The zero-order valence-corrected chi connectivity index (χ0v) is 16.5. The summed E-state index contributed by atoms with van der Waals surface area (Å²) < 4.78 is 40.4. The van der Waals surface area contributed by atoms with Crippen LogP contribution in [0.3, 0.4) is 0 Å². The molecule has 0 bridgehead atoms. The van der Waals surface area contributed by atoms with Crippen molar-refractivity contribution < 1.29 is 18.0 Å². The fourth-order valence-electron chi connectivity index (χ4n) is 3.15. The van der Waals surface area contributed by atoms with Gasteiger partial charge in [-0.05, 0) is 56.8 Å². The van der Waals surface area contributed by atoms with Crippen LogP contribution in [0.15, 0.2) is 36.4 Å². The van der Waals surface area contributed by atoms with Crippen molar-refractivity contribution in [3.63, 3.8) is 0 Å². The zero-order valence-electron chi connectivity index (χ0n) is 15.8. The number of tetrazole rings is 1. The number of halogens is 4. The van der Waals surface area contributed by atoms with Crippen LogP contribution in [0.2, 0.25) is 5.02 Å². The normalized spacial score (nSPS) is 12.2. The number of nitrogens with two attached hydrogens (primary N) is 1. The molecule has 1 heterocycles. The third-order valence-electron chi connectivity index (χ3n) is 4.26. The quantitative estimate of drug-likeness (QED) is 0.676. The largest absolute Gasteiger partial charge is 0.453 e. The number of alkyl halides is 3. The Bertz CT molecular complexity index is 1070. The minimum absolute atomic E-state index is 0.0333. The molecule has 0 saturated heterocycles. The van der Waals surface area contributed by atoms with Gasteiger partial charge in [0.15, 0.2) is 0 Å². The van der Waals surface area contributed by atoms with E-state index in [0.717, 1.165) is 0 Å². The summed E-state index contributed by atoms with van der Waals surface area (Å²) in [6, 6.07) is 9.50. The van der Waals surface area contributed by atoms with E-state index in [2.05, 4.69) is 15.5 Å². The summed E-state index contributed by atoms with van der Waals surface area (Å²) in [6.45, 7) is 5.64. The van der Waals surface area contributed by atoms with Gasteiger partial charge in [0, 0.05) is 10.6 Å². The number of aromatic nitrogens is 4. The standard InChI is InChI=1S/C19H17ClF3N5O/c1-18(2,3)15-13(10-4-6-11(20)7-5-10)8-12(9-14(15)16(24)29)28-17(19(21,22)23)25-26-27-28/h4-9H,1-3H3,(H2,24,29). The second-order valence-corrected chi connectivity index (χ2v) is 7.89. The Morgan fingerprint density at radius 1 is 1.10 bits per heavy atom. The van der Waals surface area contributed by atoms with Crippen molar-refractivity contribution in [2.45, 2.75) is 32.4 Å². The second-order valence-electron chi connectivity index (χ2n) is 7.45. The highest BCUT2D eigenvalue weighted by Crippen LogP contribution is 2.38. The van der Waals surface area contributed by atoms with Crippen molar-refractivity contribution in [2.75, 3.05) is 0 Å². The fraction of sp³-hybridized carbons (Fsp3) is 0.263. The van der Waals surface area contributed by atoms with Crippen LogP contribution < -0.4 is 5.73 Å². The number of primary amides is 1. The number of carbonyl (C=O) groups is 1. The number of benzene rings is 2. The Hall–Kier alpha value is -2.94. The molecule has 0 spiro atoms. The minimum Gasteiger partial charge on any atom is -0.366 e. The fourth-order valence-corrected chi connectivity index (χ4v) is 3.27. The SMILES string of the molecule is CC(C)(C)c1c(C(N)=O)cc(-n2nnnc2C(F)(F)F)cc1-c1ccc(Cl)cc1. The lowest BCUT2D eigenvalue weighted by Crippen LogP contribution is -2.23. The van der Waals surface area contributed by atoms with Crippen molar-refractivity contribution in [2.24, 2.45) is 5.73 Å². The van der Waals surface area contributed by atoms with E-state index >= 15 is 0 Å². The molecule has 3 rings (SSSR count). The first-order valence-electron chi connectivity index (χ1n) is 8.50. The van der Waals surface area contributed by atoms with E-state index in [1.54, 1.807) is 24.3 Å². The van der Waals surface area contributed by atoms with Crippen LogP contribution in [0, 0.1) is 0 Å². The summed E-state index contributed by atoms with van der Waals surface area (Å²) in [5, 5.41) is 10.2. The molecule has 3 aromatic rings. The van der Waals surface area contributed by atoms with Crippen molar-refractivity contribution >= 4 is 17.5 Å². The number of amides is 1. The summed E-state index contributed by atoms with van der Waals surface area (Å²) in [6.07, 6.45) is -4.78. The molecule has 0 unspecified atom stereocenters. The number of rotatable bonds is 3. The summed E-state index contributed by atoms with van der Waals surface area (Å²) in [5.41, 5.74) is 6.89. The Balaban J connectivity index is 2.38. The van der Waals surface area contributed by atoms with Crippen molar-refractivity contribution in [1.82, 2.24) is 20.2 Å². The van der Waals surface area contributed by atoms with Gasteiger partial charge in [0.05, 0.1) is 5.69 Å². The molecule has 1 amide bonds. The lowest BCUT2D eigenvalue weighted by atomic mass is 9.78. The lowest BCUT2D eigenvalue weighted by molar-refractivity contribution is -0.146. The van der Waals surface area contributed by atoms with E-state index in [4.69, 9.17) is 17.3 Å². The van der Waals surface area contributed by atoms with Crippen LogP contribution in [-0.2, 0) is 11.6 Å². The van der Waals surface area contributed by atoms with Crippen molar-refractivity contribution in [3.05, 3.63) is 58.4 Å². The first kappa shape index (κ1) is 20.8. The van der Waals surface area contributed by atoms with E-state index in [0.29, 0.717) is 26.4 Å². The van der Waals surface area contributed by atoms with E-state index in [-0.39, 0.29) is 11.3 Å². The maximum absolute atomic E-state index is 13.3. The van der Waals surface area contributed by atoms with Gasteiger partial charge in [0.2, 0.25) is 5.91 Å². The van der Waals surface area contributed by atoms with Gasteiger partial charge >= 0.3 is 6.18 Å². The average Bonchev–Trinajstić information content (AvgIpc) is 3.10. The Kier molecular flexibility index (Phi) is 5.12. The Morgan fingerprint density at radius 2 is 1.72 bits per heavy atom. The topological polar surface area (TPSA) is 86.7 Å². The number of carbonyl (C=O) groups excluding carboxylic acids is 1. The van der Waals surface area contributed by atoms with Gasteiger partial charge in [-0.1, -0.05) is 44.5 Å². The summed E-state index contributed by atoms with van der Waals surface area (Å²) in [7, 11) is 0. The van der Waals surface area contributed by atoms with Gasteiger partial charge in [0.1, 0.15) is 0 Å². The van der Waals surface area contributed by atoms with E-state index < -0.39 is 23.3 Å². The van der Waals surface area contributed by atoms with Gasteiger partial charge < -0.3 is 5.73 Å². The maximum atomic E-state index is 13.3. The van der Waals surface area contributed by atoms with Crippen LogP contribution in [0.5, 0.6) is 0 Å². The molecular formula is C19H17ClF3N5O. The highest BCUT2D eigenvalue weighted by molar-refractivity contribution is 6.30. The van der Waals surface area contributed by atoms with Crippen molar-refractivity contribution in [3.8, 4) is 16.8 Å². The van der Waals surface area contributed by atoms with Gasteiger partial charge in [-0.2, -0.15) is 17.9 Å². The predicted octanol–water partition coefficient (Wildman–Crippen LogP) is 4.40. The molecule has 0 aliphatic heterocycles. The lowest BCUT2D eigenvalue weighted by Gasteiger charge is -2.27. The Labute approximate surface area is 169 Å². The van der Waals surface area contributed by atoms with Crippen LogP contribution in [0.4, 0.5) is 13.2 Å². The molecular weight excluding hydrogens is 407 g/mol. The van der Waals surface area contributed by atoms with Gasteiger partial charge in [-0.15, -0.1) is 5.10 Å². The second kappa shape index (κ2) is 7.14. The molecule has 6 nitrogen and oxygen atoms in total. The smallest absolute Gasteiger partial charge is 0.366 e. The van der Waals surface area contributed by atoms with Gasteiger partial charge in [0.25, 0.3) is 5.82 Å². The van der Waals surface area contributed by atoms with E-state index in [1.165, 1.54) is 12.1 Å². The van der Waals surface area contributed by atoms with E-state index in [1.807, 2.05) is 20.8 Å². The zero-order chi connectivity index (χ0) is 21.6. The average molecular weight is 424 g/mol. The maximum Gasteiger partial charge on any atom is 0.453 e. The molecule has 0 aliphatic carbocycles. The molecule has 10 heteroatoms. The summed E-state index contributed by atoms with van der Waals surface area (Å²) in [4.78, 5) is 12.2. The monoisotopic (exact) mass is 423 g/mol. The van der Waals surface area contributed by atoms with Gasteiger partial charge in [-0.3, -0.25) is 4.79 Å². The Morgan fingerprint density at radius 3 is 2.24 bits per heavy atom. The molecule has 1 aromatic heterocycles. The number of hydrogen-bond acceptors (Lipinski definition) is 4. The molecule has 152 valence electrons. The first-order chi connectivity index (χ1) is 13.4. The predicted molar refractivity (Wildman–Crippen MR) is 102 cm³/mol. The third kappa shape index (κ3) is 4.09. The number of nitrogens with zero attached hydrogens (tertiary/aromatic N) is 4. The minimum atomic E-state index is -4.78. The molecule has 2 N–H and O–H groups in total. The first-order valence-corrected chi connectivity index (χ1v) is 8.87. The third-order valence-corrected chi connectivity index (χ3v) is 4.51. The van der Waals surface area contributed by atoms with Crippen molar-refractivity contribution in [1.29, 1.82) is 0 Å². The highest BCUT2D eigenvalue weighted by atomic mass is 35.5. The summed E-state index contributed by atoms with van der Waals surface area (Å²) >= 11 is 5.96. The molecule has 0 aliphatic rings. The summed E-state index contributed by atoms with van der Waals surface area (Å²) in [5.74, 6) is -2.08. The van der Waals surface area contributed by atoms with Crippen LogP contribution in [0.1, 0.15) is 42.5 Å². The van der Waals surface area contributed by atoms with E-state index in [9.17, 15) is 18.0 Å². The molecule has 2 aromatic carbocycles. The molecule has 0 atom stereocenters. The number of hydrogen-bond donors (Lipinski definition) is 1. The molecule has 0 saturated carbocycles. The van der Waals surface area contributed by atoms with Crippen LogP contribution in [-0.4, -0.2) is 26.1 Å². The van der Waals surface area contributed by atoms with Crippen LogP contribution >= 0.6 is 11.6 Å². The van der Waals surface area contributed by atoms with Gasteiger partial charge in [-0.25, -0.2) is 0 Å². The molecule has 0 fully saturated rings. The molecule has 29 heavy (non-hydrogen) atoms. The van der Waals surface area contributed by atoms with Crippen LogP contribution in [0.25, 0.3) is 16.8 Å². The molecule has 0 radical (unpaired) electrons.